The van der Waals surface area contributed by atoms with Crippen LogP contribution in [0.4, 0.5) is 0 Å². The maximum atomic E-state index is 9.79. The lowest BCUT2D eigenvalue weighted by Crippen LogP contribution is -1.80. The van der Waals surface area contributed by atoms with Gasteiger partial charge in [0.05, 0.1) is 11.6 Å². The Bertz CT molecular complexity index is 769. The molecule has 2 heteroatoms. The summed E-state index contributed by atoms with van der Waals surface area (Å²) in [7, 11) is 0. The highest BCUT2D eigenvalue weighted by Gasteiger charge is 2.04. The molecule has 0 bridgehead atoms. The quantitative estimate of drug-likeness (QED) is 0.587. The molecule has 0 saturated heterocycles. The first kappa shape index (κ1) is 9.68. The molecule has 3 aromatic carbocycles. The Kier molecular flexibility index (Phi) is 1.99. The van der Waals surface area contributed by atoms with Gasteiger partial charge in [-0.3, -0.25) is 0 Å². The molecule has 0 spiro atoms. The maximum absolute atomic E-state index is 9.79. The van der Waals surface area contributed by atoms with E-state index in [1.54, 1.807) is 12.1 Å². The fourth-order valence-corrected chi connectivity index (χ4v) is 2.14. The van der Waals surface area contributed by atoms with Gasteiger partial charge in [0, 0.05) is 5.39 Å². The predicted molar refractivity (Wildman–Crippen MR) is 67.8 cm³/mol. The van der Waals surface area contributed by atoms with Crippen LogP contribution in [0.2, 0.25) is 0 Å². The molecule has 2 nitrogen and oxygen atoms in total. The number of rotatable bonds is 0. The third kappa shape index (κ3) is 1.41. The van der Waals surface area contributed by atoms with Crippen LogP contribution in [0, 0.1) is 11.3 Å². The molecule has 0 amide bonds. The van der Waals surface area contributed by atoms with Gasteiger partial charge in [-0.1, -0.05) is 30.3 Å². The Morgan fingerprint density at radius 3 is 2.53 bits per heavy atom. The van der Waals surface area contributed by atoms with Crippen LogP contribution < -0.4 is 0 Å². The summed E-state index contributed by atoms with van der Waals surface area (Å²) in [6.45, 7) is 0. The molecule has 0 aliphatic carbocycles. The van der Waals surface area contributed by atoms with E-state index in [2.05, 4.69) is 6.07 Å². The first-order valence-electron chi connectivity index (χ1n) is 5.34. The molecule has 0 fully saturated rings. The minimum atomic E-state index is 0.270. The molecule has 3 rings (SSSR count). The van der Waals surface area contributed by atoms with Gasteiger partial charge in [-0.25, -0.2) is 0 Å². The summed E-state index contributed by atoms with van der Waals surface area (Å²) in [6.07, 6.45) is 0. The topological polar surface area (TPSA) is 44.0 Å². The number of phenols is 1. The van der Waals surface area contributed by atoms with E-state index in [9.17, 15) is 5.11 Å². The van der Waals surface area contributed by atoms with Crippen LogP contribution in [0.25, 0.3) is 21.5 Å². The van der Waals surface area contributed by atoms with Crippen LogP contribution in [-0.4, -0.2) is 5.11 Å². The van der Waals surface area contributed by atoms with Crippen molar-refractivity contribution in [3.05, 3.63) is 54.1 Å². The van der Waals surface area contributed by atoms with Gasteiger partial charge in [-0.2, -0.15) is 5.26 Å². The lowest BCUT2D eigenvalue weighted by Gasteiger charge is -2.05. The number of aromatic hydroxyl groups is 1. The summed E-state index contributed by atoms with van der Waals surface area (Å²) in [6, 6.07) is 17.0. The molecule has 0 atom stereocenters. The molecule has 3 aromatic rings. The Labute approximate surface area is 98.3 Å². The van der Waals surface area contributed by atoms with Crippen molar-refractivity contribution in [2.45, 2.75) is 0 Å². The van der Waals surface area contributed by atoms with Gasteiger partial charge < -0.3 is 5.11 Å². The molecule has 0 unspecified atom stereocenters. The Morgan fingerprint density at radius 2 is 1.71 bits per heavy atom. The van der Waals surface area contributed by atoms with Gasteiger partial charge in [-0.05, 0) is 34.4 Å². The summed E-state index contributed by atoms with van der Waals surface area (Å²) in [5.74, 6) is 0.270. The highest BCUT2D eigenvalue weighted by molar-refractivity contribution is 6.09. The molecular weight excluding hydrogens is 210 g/mol. The number of fused-ring (bicyclic) bond motifs is 3. The predicted octanol–water partition coefficient (Wildman–Crippen LogP) is 3.57. The third-order valence-electron chi connectivity index (χ3n) is 2.99. The van der Waals surface area contributed by atoms with E-state index in [0.717, 1.165) is 21.5 Å². The van der Waals surface area contributed by atoms with E-state index in [4.69, 9.17) is 5.26 Å². The largest absolute Gasteiger partial charge is 0.507 e. The van der Waals surface area contributed by atoms with E-state index < -0.39 is 0 Å². The summed E-state index contributed by atoms with van der Waals surface area (Å²) >= 11 is 0. The fraction of sp³-hybridized carbons (Fsp3) is 0. The lowest BCUT2D eigenvalue weighted by molar-refractivity contribution is 0.481. The van der Waals surface area contributed by atoms with Gasteiger partial charge in [0.25, 0.3) is 0 Å². The first-order valence-corrected chi connectivity index (χ1v) is 5.34. The van der Waals surface area contributed by atoms with E-state index in [1.807, 2.05) is 36.4 Å². The maximum Gasteiger partial charge on any atom is 0.123 e. The van der Waals surface area contributed by atoms with Crippen molar-refractivity contribution in [3.63, 3.8) is 0 Å². The molecular formula is C15H9NO. The van der Waals surface area contributed by atoms with Crippen LogP contribution in [0.15, 0.2) is 48.5 Å². The van der Waals surface area contributed by atoms with Gasteiger partial charge in [-0.15, -0.1) is 0 Å². The van der Waals surface area contributed by atoms with Crippen molar-refractivity contribution in [2.75, 3.05) is 0 Å². The molecule has 1 N–H and O–H groups in total. The zero-order valence-corrected chi connectivity index (χ0v) is 9.01. The van der Waals surface area contributed by atoms with Gasteiger partial charge in [0.2, 0.25) is 0 Å². The van der Waals surface area contributed by atoms with Crippen molar-refractivity contribution in [1.29, 1.82) is 5.26 Å². The average Bonchev–Trinajstić information content (AvgIpc) is 2.38. The van der Waals surface area contributed by atoms with Crippen molar-refractivity contribution in [1.82, 2.24) is 0 Å². The molecule has 0 saturated carbocycles. The number of nitrogens with zero attached hydrogens (tertiary/aromatic N) is 1. The van der Waals surface area contributed by atoms with E-state index >= 15 is 0 Å². The summed E-state index contributed by atoms with van der Waals surface area (Å²) < 4.78 is 0. The number of benzene rings is 3. The number of hydrogen-bond donors (Lipinski definition) is 1. The van der Waals surface area contributed by atoms with Crippen LogP contribution >= 0.6 is 0 Å². The third-order valence-corrected chi connectivity index (χ3v) is 2.99. The Morgan fingerprint density at radius 1 is 0.882 bits per heavy atom. The first-order chi connectivity index (χ1) is 8.29. The van der Waals surface area contributed by atoms with Gasteiger partial charge >= 0.3 is 0 Å². The number of hydrogen-bond acceptors (Lipinski definition) is 2. The van der Waals surface area contributed by atoms with Crippen LogP contribution in [0.1, 0.15) is 5.56 Å². The average molecular weight is 219 g/mol. The Hall–Kier alpha value is -2.53. The lowest BCUT2D eigenvalue weighted by atomic mass is 10.00. The standard InChI is InChI=1S/C15H9NO/c16-9-10-4-5-11-6-7-13-12(14(11)8-10)2-1-3-15(13)17/h1-8,17H. The minimum Gasteiger partial charge on any atom is -0.507 e. The molecule has 0 heterocycles. The molecule has 0 aliphatic rings. The van der Waals surface area contributed by atoms with Crippen LogP contribution in [-0.2, 0) is 0 Å². The van der Waals surface area contributed by atoms with Crippen molar-refractivity contribution in [2.24, 2.45) is 0 Å². The molecule has 80 valence electrons. The molecule has 0 radical (unpaired) electrons. The second-order valence-corrected chi connectivity index (χ2v) is 3.99. The van der Waals surface area contributed by atoms with Crippen molar-refractivity contribution >= 4 is 21.5 Å². The van der Waals surface area contributed by atoms with Crippen LogP contribution in [0.3, 0.4) is 0 Å². The zero-order valence-electron chi connectivity index (χ0n) is 9.01. The second-order valence-electron chi connectivity index (χ2n) is 3.99. The fourth-order valence-electron chi connectivity index (χ4n) is 2.14. The van der Waals surface area contributed by atoms with E-state index in [1.165, 1.54) is 0 Å². The highest BCUT2D eigenvalue weighted by atomic mass is 16.3. The zero-order chi connectivity index (χ0) is 11.8. The summed E-state index contributed by atoms with van der Waals surface area (Å²) in [5, 5.41) is 22.6. The number of phenolic OH excluding ortho intramolecular Hbond substituents is 1. The molecule has 0 aromatic heterocycles. The van der Waals surface area contributed by atoms with E-state index in [0.29, 0.717) is 5.56 Å². The summed E-state index contributed by atoms with van der Waals surface area (Å²) in [5.41, 5.74) is 0.633. The SMILES string of the molecule is N#Cc1ccc2ccc3c(O)cccc3c2c1. The minimum absolute atomic E-state index is 0.270. The highest BCUT2D eigenvalue weighted by Crippen LogP contribution is 2.31. The summed E-state index contributed by atoms with van der Waals surface area (Å²) in [4.78, 5) is 0. The van der Waals surface area contributed by atoms with Crippen molar-refractivity contribution < 1.29 is 5.11 Å². The van der Waals surface area contributed by atoms with Gasteiger partial charge in [0.15, 0.2) is 0 Å². The molecule has 17 heavy (non-hydrogen) atoms. The number of nitriles is 1. The smallest absolute Gasteiger partial charge is 0.123 e. The van der Waals surface area contributed by atoms with Gasteiger partial charge in [0.1, 0.15) is 5.75 Å². The molecule has 0 aliphatic heterocycles. The Balaban J connectivity index is 2.54. The van der Waals surface area contributed by atoms with Crippen molar-refractivity contribution in [3.8, 4) is 11.8 Å². The second kappa shape index (κ2) is 3.50. The van der Waals surface area contributed by atoms with E-state index in [-0.39, 0.29) is 5.75 Å². The monoisotopic (exact) mass is 219 g/mol. The van der Waals surface area contributed by atoms with Crippen LogP contribution in [0.5, 0.6) is 5.75 Å². The normalized spacial score (nSPS) is 10.5.